The lowest BCUT2D eigenvalue weighted by atomic mass is 10.1. The summed E-state index contributed by atoms with van der Waals surface area (Å²) in [5.41, 5.74) is 6.83. The van der Waals surface area contributed by atoms with Gasteiger partial charge >= 0.3 is 0 Å². The van der Waals surface area contributed by atoms with Crippen LogP contribution >= 0.6 is 0 Å². The lowest BCUT2D eigenvalue weighted by Gasteiger charge is -2.15. The molecule has 3 heteroatoms. The Morgan fingerprint density at radius 2 is 2.00 bits per heavy atom. The predicted molar refractivity (Wildman–Crippen MR) is 55.1 cm³/mol. The second-order valence-electron chi connectivity index (χ2n) is 3.52. The lowest BCUT2D eigenvalue weighted by Crippen LogP contribution is -2.26. The maximum Gasteiger partial charge on any atom is 0.246 e. The Morgan fingerprint density at radius 1 is 1.46 bits per heavy atom. The third kappa shape index (κ3) is 4.55. The van der Waals surface area contributed by atoms with Crippen LogP contribution < -0.4 is 11.1 Å². The molecule has 76 valence electrons. The number of carbonyl (C=O) groups is 1. The lowest BCUT2D eigenvalue weighted by molar-refractivity contribution is -0.114. The van der Waals surface area contributed by atoms with Crippen molar-refractivity contribution in [2.75, 3.05) is 0 Å². The van der Waals surface area contributed by atoms with Crippen molar-refractivity contribution in [1.29, 1.82) is 0 Å². The molecule has 0 unspecified atom stereocenters. The van der Waals surface area contributed by atoms with Gasteiger partial charge in [0.15, 0.2) is 0 Å². The van der Waals surface area contributed by atoms with Gasteiger partial charge in [0.2, 0.25) is 5.91 Å². The second-order valence-corrected chi connectivity index (χ2v) is 3.52. The van der Waals surface area contributed by atoms with Gasteiger partial charge in [-0.05, 0) is 27.2 Å². The van der Waals surface area contributed by atoms with Crippen molar-refractivity contribution in [3.05, 3.63) is 11.3 Å². The standard InChI is InChI=1S/C10H20N2O/c1-5-6-9(12-7(2)3)8(4)10(11)13/h7,12H,5-6H2,1-4H3,(H2,11,13). The number of nitrogens with one attached hydrogen (secondary N) is 1. The number of primary amides is 1. The highest BCUT2D eigenvalue weighted by Gasteiger charge is 2.07. The molecule has 0 saturated carbocycles. The topological polar surface area (TPSA) is 55.1 Å². The highest BCUT2D eigenvalue weighted by molar-refractivity contribution is 5.91. The van der Waals surface area contributed by atoms with E-state index in [9.17, 15) is 4.79 Å². The number of allylic oxidation sites excluding steroid dienone is 1. The first kappa shape index (κ1) is 12.0. The zero-order valence-corrected chi connectivity index (χ0v) is 8.98. The predicted octanol–water partition coefficient (Wildman–Crippen LogP) is 1.54. The van der Waals surface area contributed by atoms with E-state index >= 15 is 0 Å². The molecule has 1 amide bonds. The molecule has 0 aliphatic heterocycles. The van der Waals surface area contributed by atoms with Crippen molar-refractivity contribution in [2.24, 2.45) is 5.73 Å². The minimum absolute atomic E-state index is 0.336. The molecule has 13 heavy (non-hydrogen) atoms. The van der Waals surface area contributed by atoms with Gasteiger partial charge in [0.25, 0.3) is 0 Å². The van der Waals surface area contributed by atoms with Crippen LogP contribution in [0.5, 0.6) is 0 Å². The van der Waals surface area contributed by atoms with E-state index in [1.165, 1.54) is 0 Å². The van der Waals surface area contributed by atoms with Crippen LogP contribution in [0.25, 0.3) is 0 Å². The highest BCUT2D eigenvalue weighted by Crippen LogP contribution is 2.08. The summed E-state index contributed by atoms with van der Waals surface area (Å²) < 4.78 is 0. The van der Waals surface area contributed by atoms with Crippen molar-refractivity contribution in [1.82, 2.24) is 5.32 Å². The molecule has 0 fully saturated rings. The van der Waals surface area contributed by atoms with E-state index in [1.54, 1.807) is 6.92 Å². The molecule has 3 N–H and O–H groups in total. The number of nitrogens with two attached hydrogens (primary N) is 1. The molecule has 0 saturated heterocycles. The van der Waals surface area contributed by atoms with Crippen LogP contribution in [0.4, 0.5) is 0 Å². The first-order valence-electron chi connectivity index (χ1n) is 4.75. The van der Waals surface area contributed by atoms with Crippen LogP contribution in [0, 0.1) is 0 Å². The van der Waals surface area contributed by atoms with Gasteiger partial charge in [0, 0.05) is 17.3 Å². The highest BCUT2D eigenvalue weighted by atomic mass is 16.1. The van der Waals surface area contributed by atoms with Crippen molar-refractivity contribution in [2.45, 2.75) is 46.6 Å². The summed E-state index contributed by atoms with van der Waals surface area (Å²) in [5, 5.41) is 3.24. The monoisotopic (exact) mass is 184 g/mol. The summed E-state index contributed by atoms with van der Waals surface area (Å²) in [4.78, 5) is 10.9. The fourth-order valence-corrected chi connectivity index (χ4v) is 1.12. The molecule has 0 spiro atoms. The largest absolute Gasteiger partial charge is 0.386 e. The molecule has 0 aromatic rings. The minimum Gasteiger partial charge on any atom is -0.386 e. The molecular weight excluding hydrogens is 164 g/mol. The molecule has 3 nitrogen and oxygen atoms in total. The van der Waals surface area contributed by atoms with Crippen LogP contribution in [-0.4, -0.2) is 11.9 Å². The summed E-state index contributed by atoms with van der Waals surface area (Å²) in [7, 11) is 0. The fourth-order valence-electron chi connectivity index (χ4n) is 1.12. The fraction of sp³-hybridized carbons (Fsp3) is 0.700. The van der Waals surface area contributed by atoms with E-state index in [-0.39, 0.29) is 5.91 Å². The van der Waals surface area contributed by atoms with E-state index in [4.69, 9.17) is 5.73 Å². The molecule has 0 aromatic heterocycles. The van der Waals surface area contributed by atoms with Crippen LogP contribution in [0.15, 0.2) is 11.3 Å². The zero-order chi connectivity index (χ0) is 10.4. The van der Waals surface area contributed by atoms with Crippen LogP contribution in [0.2, 0.25) is 0 Å². The Labute approximate surface area is 80.4 Å². The average Bonchev–Trinajstić information content (AvgIpc) is 2.01. The van der Waals surface area contributed by atoms with Crippen molar-refractivity contribution >= 4 is 5.91 Å². The van der Waals surface area contributed by atoms with Gasteiger partial charge in [-0.1, -0.05) is 13.3 Å². The van der Waals surface area contributed by atoms with E-state index in [0.717, 1.165) is 18.5 Å². The Morgan fingerprint density at radius 3 is 2.31 bits per heavy atom. The zero-order valence-electron chi connectivity index (χ0n) is 8.98. The van der Waals surface area contributed by atoms with Gasteiger partial charge in [-0.2, -0.15) is 0 Å². The number of amides is 1. The summed E-state index contributed by atoms with van der Waals surface area (Å²) in [5.74, 6) is -0.336. The number of hydrogen-bond donors (Lipinski definition) is 2. The van der Waals surface area contributed by atoms with Crippen LogP contribution in [-0.2, 0) is 4.79 Å². The third-order valence-electron chi connectivity index (χ3n) is 1.79. The first-order valence-corrected chi connectivity index (χ1v) is 4.75. The van der Waals surface area contributed by atoms with Crippen molar-refractivity contribution < 1.29 is 4.79 Å². The molecule has 0 aliphatic rings. The van der Waals surface area contributed by atoms with E-state index in [1.807, 2.05) is 13.8 Å². The summed E-state index contributed by atoms with van der Waals surface area (Å²) >= 11 is 0. The summed E-state index contributed by atoms with van der Waals surface area (Å²) in [6.07, 6.45) is 1.90. The maximum atomic E-state index is 10.9. The first-order chi connectivity index (χ1) is 5.99. The van der Waals surface area contributed by atoms with Gasteiger partial charge in [0.1, 0.15) is 0 Å². The van der Waals surface area contributed by atoms with Gasteiger partial charge in [-0.15, -0.1) is 0 Å². The maximum absolute atomic E-state index is 10.9. The van der Waals surface area contributed by atoms with Gasteiger partial charge < -0.3 is 11.1 Å². The number of hydrogen-bond acceptors (Lipinski definition) is 2. The van der Waals surface area contributed by atoms with Gasteiger partial charge in [-0.3, -0.25) is 4.79 Å². The van der Waals surface area contributed by atoms with E-state index < -0.39 is 0 Å². The van der Waals surface area contributed by atoms with Crippen molar-refractivity contribution in [3.63, 3.8) is 0 Å². The Bertz CT molecular complexity index is 207. The Hall–Kier alpha value is -0.990. The third-order valence-corrected chi connectivity index (χ3v) is 1.79. The molecule has 0 aliphatic carbocycles. The summed E-state index contributed by atoms with van der Waals surface area (Å²) in [6, 6.07) is 0.343. The van der Waals surface area contributed by atoms with Crippen LogP contribution in [0.3, 0.4) is 0 Å². The number of rotatable bonds is 5. The molecule has 0 rings (SSSR count). The van der Waals surface area contributed by atoms with E-state index in [0.29, 0.717) is 11.6 Å². The summed E-state index contributed by atoms with van der Waals surface area (Å²) in [6.45, 7) is 7.94. The number of carbonyl (C=O) groups excluding carboxylic acids is 1. The van der Waals surface area contributed by atoms with Crippen molar-refractivity contribution in [3.8, 4) is 0 Å². The molecule has 0 radical (unpaired) electrons. The Kier molecular flexibility index (Phi) is 5.19. The molecule has 0 bridgehead atoms. The molecular formula is C10H20N2O. The second kappa shape index (κ2) is 5.62. The normalized spacial score (nSPS) is 12.7. The SMILES string of the molecule is CCCC(NC(C)C)=C(C)C(N)=O. The molecule has 0 aromatic carbocycles. The average molecular weight is 184 g/mol. The minimum atomic E-state index is -0.336. The van der Waals surface area contributed by atoms with E-state index in [2.05, 4.69) is 12.2 Å². The Balaban J connectivity index is 4.56. The van der Waals surface area contributed by atoms with Gasteiger partial charge in [0.05, 0.1) is 0 Å². The quantitative estimate of drug-likeness (QED) is 0.637. The smallest absolute Gasteiger partial charge is 0.246 e. The van der Waals surface area contributed by atoms with Crippen LogP contribution in [0.1, 0.15) is 40.5 Å². The molecule has 0 atom stereocenters. The van der Waals surface area contributed by atoms with Gasteiger partial charge in [-0.25, -0.2) is 0 Å². The molecule has 0 heterocycles.